The van der Waals surface area contributed by atoms with Gasteiger partial charge in [0.05, 0.1) is 12.2 Å². The lowest BCUT2D eigenvalue weighted by Gasteiger charge is -2.34. The van der Waals surface area contributed by atoms with E-state index < -0.39 is 12.2 Å². The molecule has 2 heteroatoms. The fraction of sp³-hybridized carbons (Fsp3) is 1.00. The molecule has 0 aromatic carbocycles. The Balaban J connectivity index is 2.51. The molecule has 0 amide bonds. The maximum Gasteiger partial charge on any atom is 0.0829 e. The lowest BCUT2D eigenvalue weighted by atomic mass is 9.78. The Morgan fingerprint density at radius 1 is 1.18 bits per heavy atom. The maximum atomic E-state index is 9.56. The SMILES string of the molecule is CC(C)[C@@H]1CCC[C@H](O)[C@H]1O. The zero-order chi connectivity index (χ0) is 8.43. The van der Waals surface area contributed by atoms with Gasteiger partial charge >= 0.3 is 0 Å². The Labute approximate surface area is 68.2 Å². The molecule has 0 spiro atoms. The summed E-state index contributed by atoms with van der Waals surface area (Å²) in [5.41, 5.74) is 0. The van der Waals surface area contributed by atoms with E-state index in [0.717, 1.165) is 19.3 Å². The molecule has 3 atom stereocenters. The first-order valence-corrected chi connectivity index (χ1v) is 4.49. The quantitative estimate of drug-likeness (QED) is 0.601. The fourth-order valence-electron chi connectivity index (χ4n) is 1.92. The predicted octanol–water partition coefficient (Wildman–Crippen LogP) is 1.16. The van der Waals surface area contributed by atoms with Crippen LogP contribution in [0.5, 0.6) is 0 Å². The molecule has 0 radical (unpaired) electrons. The molecule has 0 unspecified atom stereocenters. The van der Waals surface area contributed by atoms with Gasteiger partial charge in [0, 0.05) is 0 Å². The summed E-state index contributed by atoms with van der Waals surface area (Å²) in [5, 5.41) is 18.9. The lowest BCUT2D eigenvalue weighted by molar-refractivity contribution is -0.0573. The summed E-state index contributed by atoms with van der Waals surface area (Å²) in [5.74, 6) is 0.790. The van der Waals surface area contributed by atoms with Gasteiger partial charge in [-0.05, 0) is 24.7 Å². The topological polar surface area (TPSA) is 40.5 Å². The molecule has 0 aromatic heterocycles. The molecule has 1 saturated carbocycles. The molecule has 0 saturated heterocycles. The normalized spacial score (nSPS) is 39.5. The van der Waals surface area contributed by atoms with E-state index >= 15 is 0 Å². The van der Waals surface area contributed by atoms with Crippen molar-refractivity contribution in [2.45, 2.75) is 45.3 Å². The fourth-order valence-corrected chi connectivity index (χ4v) is 1.92. The van der Waals surface area contributed by atoms with Crippen LogP contribution in [0.15, 0.2) is 0 Å². The van der Waals surface area contributed by atoms with Crippen molar-refractivity contribution in [3.05, 3.63) is 0 Å². The standard InChI is InChI=1S/C9H18O2/c1-6(2)7-4-3-5-8(10)9(7)11/h6-11H,3-5H2,1-2H3/t7-,8-,9-/m0/s1. The molecule has 2 nitrogen and oxygen atoms in total. The minimum absolute atomic E-state index is 0.304. The number of hydrogen-bond donors (Lipinski definition) is 2. The summed E-state index contributed by atoms with van der Waals surface area (Å²) in [4.78, 5) is 0. The highest BCUT2D eigenvalue weighted by molar-refractivity contribution is 4.82. The van der Waals surface area contributed by atoms with Crippen LogP contribution in [0.3, 0.4) is 0 Å². The van der Waals surface area contributed by atoms with E-state index in [1.165, 1.54) is 0 Å². The largest absolute Gasteiger partial charge is 0.390 e. The molecule has 11 heavy (non-hydrogen) atoms. The van der Waals surface area contributed by atoms with Gasteiger partial charge in [-0.25, -0.2) is 0 Å². The first-order chi connectivity index (χ1) is 5.13. The summed E-state index contributed by atoms with van der Waals surface area (Å²) in [6, 6.07) is 0. The van der Waals surface area contributed by atoms with E-state index in [2.05, 4.69) is 13.8 Å². The molecule has 0 aliphatic heterocycles. The number of rotatable bonds is 1. The Hall–Kier alpha value is -0.0800. The second-order valence-corrected chi connectivity index (χ2v) is 3.90. The zero-order valence-corrected chi connectivity index (χ0v) is 7.33. The average Bonchev–Trinajstić information content (AvgIpc) is 1.94. The van der Waals surface area contributed by atoms with Crippen LogP contribution >= 0.6 is 0 Å². The van der Waals surface area contributed by atoms with Gasteiger partial charge in [-0.2, -0.15) is 0 Å². The Morgan fingerprint density at radius 2 is 1.82 bits per heavy atom. The van der Waals surface area contributed by atoms with Crippen molar-refractivity contribution in [3.8, 4) is 0 Å². The van der Waals surface area contributed by atoms with Gasteiger partial charge in [-0.3, -0.25) is 0 Å². The van der Waals surface area contributed by atoms with Crippen LogP contribution in [0.4, 0.5) is 0 Å². The van der Waals surface area contributed by atoms with Crippen molar-refractivity contribution in [2.75, 3.05) is 0 Å². The molecule has 0 heterocycles. The first kappa shape index (κ1) is 9.01. The van der Waals surface area contributed by atoms with Crippen molar-refractivity contribution in [1.29, 1.82) is 0 Å². The average molecular weight is 158 g/mol. The summed E-state index contributed by atoms with van der Waals surface area (Å²) in [6.45, 7) is 4.21. The molecule has 66 valence electrons. The molecule has 0 bridgehead atoms. The smallest absolute Gasteiger partial charge is 0.0829 e. The lowest BCUT2D eigenvalue weighted by Crippen LogP contribution is -2.39. The minimum atomic E-state index is -0.483. The number of aliphatic hydroxyl groups excluding tert-OH is 2. The maximum absolute atomic E-state index is 9.56. The zero-order valence-electron chi connectivity index (χ0n) is 7.33. The van der Waals surface area contributed by atoms with Crippen molar-refractivity contribution in [2.24, 2.45) is 11.8 Å². The van der Waals surface area contributed by atoms with E-state index in [4.69, 9.17) is 0 Å². The summed E-state index contributed by atoms with van der Waals surface area (Å²) < 4.78 is 0. The molecule has 1 rings (SSSR count). The van der Waals surface area contributed by atoms with E-state index in [9.17, 15) is 10.2 Å². The molecule has 1 aliphatic carbocycles. The molecule has 1 aliphatic rings. The Kier molecular flexibility index (Phi) is 2.90. The molecule has 0 aromatic rings. The summed E-state index contributed by atoms with van der Waals surface area (Å²) >= 11 is 0. The molecule has 1 fully saturated rings. The first-order valence-electron chi connectivity index (χ1n) is 4.49. The van der Waals surface area contributed by atoms with Crippen LogP contribution in [0.25, 0.3) is 0 Å². The van der Waals surface area contributed by atoms with Crippen LogP contribution < -0.4 is 0 Å². The highest BCUT2D eigenvalue weighted by Crippen LogP contribution is 2.30. The third kappa shape index (κ3) is 1.94. The molecular weight excluding hydrogens is 140 g/mol. The van der Waals surface area contributed by atoms with E-state index in [1.807, 2.05) is 0 Å². The number of hydrogen-bond acceptors (Lipinski definition) is 2. The predicted molar refractivity (Wildman–Crippen MR) is 44.2 cm³/mol. The highest BCUT2D eigenvalue weighted by Gasteiger charge is 2.31. The third-order valence-electron chi connectivity index (χ3n) is 2.73. The third-order valence-corrected chi connectivity index (χ3v) is 2.73. The monoisotopic (exact) mass is 158 g/mol. The Morgan fingerprint density at radius 3 is 2.27 bits per heavy atom. The van der Waals surface area contributed by atoms with E-state index in [1.54, 1.807) is 0 Å². The van der Waals surface area contributed by atoms with Crippen LogP contribution in [0.1, 0.15) is 33.1 Å². The minimum Gasteiger partial charge on any atom is -0.390 e. The van der Waals surface area contributed by atoms with Crippen molar-refractivity contribution in [3.63, 3.8) is 0 Å². The summed E-state index contributed by atoms with van der Waals surface area (Å²) in [6.07, 6.45) is 1.93. The second-order valence-electron chi connectivity index (χ2n) is 3.90. The van der Waals surface area contributed by atoms with Gasteiger partial charge in [0.25, 0.3) is 0 Å². The van der Waals surface area contributed by atoms with Gasteiger partial charge in [-0.1, -0.05) is 20.3 Å². The van der Waals surface area contributed by atoms with Gasteiger partial charge in [0.2, 0.25) is 0 Å². The van der Waals surface area contributed by atoms with Crippen LogP contribution in [-0.4, -0.2) is 22.4 Å². The Bertz CT molecular complexity index is 123. The molecular formula is C9H18O2. The van der Waals surface area contributed by atoms with Crippen molar-refractivity contribution < 1.29 is 10.2 Å². The molecule has 2 N–H and O–H groups in total. The van der Waals surface area contributed by atoms with Crippen LogP contribution in [0.2, 0.25) is 0 Å². The van der Waals surface area contributed by atoms with Crippen molar-refractivity contribution in [1.82, 2.24) is 0 Å². The van der Waals surface area contributed by atoms with Crippen LogP contribution in [0, 0.1) is 11.8 Å². The highest BCUT2D eigenvalue weighted by atomic mass is 16.3. The summed E-state index contributed by atoms with van der Waals surface area (Å²) in [7, 11) is 0. The van der Waals surface area contributed by atoms with Crippen LogP contribution in [-0.2, 0) is 0 Å². The van der Waals surface area contributed by atoms with Gasteiger partial charge in [0.15, 0.2) is 0 Å². The van der Waals surface area contributed by atoms with Gasteiger partial charge < -0.3 is 10.2 Å². The van der Waals surface area contributed by atoms with Crippen molar-refractivity contribution >= 4 is 0 Å². The van der Waals surface area contributed by atoms with Gasteiger partial charge in [0.1, 0.15) is 0 Å². The number of aliphatic hydroxyl groups is 2. The van der Waals surface area contributed by atoms with E-state index in [-0.39, 0.29) is 0 Å². The second kappa shape index (κ2) is 3.55. The van der Waals surface area contributed by atoms with E-state index in [0.29, 0.717) is 11.8 Å². The van der Waals surface area contributed by atoms with Gasteiger partial charge in [-0.15, -0.1) is 0 Å².